The number of aliphatic hydroxyl groups excluding tert-OH is 1. The number of aliphatic hydroxyl groups is 1. The van der Waals surface area contributed by atoms with Crippen LogP contribution in [0, 0.1) is 5.92 Å². The Balaban J connectivity index is 3.02. The van der Waals surface area contributed by atoms with Crippen LogP contribution in [-0.4, -0.2) is 86.7 Å². The maximum Gasteiger partial charge on any atom is 0.326 e. The lowest BCUT2D eigenvalue weighted by molar-refractivity contribution is -0.150. The van der Waals surface area contributed by atoms with Crippen molar-refractivity contribution < 1.29 is 39.3 Å². The van der Waals surface area contributed by atoms with E-state index in [0.717, 1.165) is 4.90 Å². The van der Waals surface area contributed by atoms with Gasteiger partial charge in [0.2, 0.25) is 17.7 Å². The average molecular weight is 444 g/mol. The van der Waals surface area contributed by atoms with Gasteiger partial charge in [0.05, 0.1) is 12.5 Å². The first kappa shape index (κ1) is 26.3. The van der Waals surface area contributed by atoms with E-state index in [1.54, 1.807) is 13.8 Å². The highest BCUT2D eigenvalue weighted by molar-refractivity contribution is 5.95. The summed E-state index contributed by atoms with van der Waals surface area (Å²) < 4.78 is 0. The zero-order chi connectivity index (χ0) is 23.9. The van der Waals surface area contributed by atoms with Crippen LogP contribution >= 0.6 is 0 Å². The van der Waals surface area contributed by atoms with Gasteiger partial charge in [-0.05, 0) is 32.1 Å². The van der Waals surface area contributed by atoms with Gasteiger partial charge in [-0.15, -0.1) is 0 Å². The number of carbonyl (C=O) groups is 5. The van der Waals surface area contributed by atoms with Crippen molar-refractivity contribution in [3.05, 3.63) is 0 Å². The first-order valence-corrected chi connectivity index (χ1v) is 10.1. The molecule has 7 N–H and O–H groups in total. The minimum atomic E-state index is -1.50. The fourth-order valence-electron chi connectivity index (χ4n) is 3.32. The molecule has 12 heteroatoms. The third-order valence-corrected chi connectivity index (χ3v) is 4.98. The number of hydrogen-bond donors (Lipinski definition) is 6. The molecule has 0 aromatic heterocycles. The number of rotatable bonds is 11. The minimum absolute atomic E-state index is 0.0533. The zero-order valence-electron chi connectivity index (χ0n) is 17.9. The lowest BCUT2D eigenvalue weighted by atomic mass is 10.0. The van der Waals surface area contributed by atoms with Crippen LogP contribution < -0.4 is 16.4 Å². The van der Waals surface area contributed by atoms with Crippen molar-refractivity contribution >= 4 is 29.7 Å². The molecule has 0 aromatic carbocycles. The van der Waals surface area contributed by atoms with E-state index in [-0.39, 0.29) is 25.3 Å². The summed E-state index contributed by atoms with van der Waals surface area (Å²) in [5.41, 5.74) is 5.59. The lowest BCUT2D eigenvalue weighted by Crippen LogP contribution is -2.58. The summed E-state index contributed by atoms with van der Waals surface area (Å²) in [6.45, 7) is 5.04. The molecule has 1 aliphatic heterocycles. The number of carbonyl (C=O) groups excluding carboxylic acids is 3. The molecule has 0 bridgehead atoms. The van der Waals surface area contributed by atoms with Gasteiger partial charge in [-0.2, -0.15) is 0 Å². The zero-order valence-corrected chi connectivity index (χ0v) is 17.9. The molecule has 3 amide bonds. The van der Waals surface area contributed by atoms with Gasteiger partial charge < -0.3 is 36.6 Å². The van der Waals surface area contributed by atoms with Gasteiger partial charge in [-0.3, -0.25) is 19.2 Å². The second kappa shape index (κ2) is 11.6. The SMILES string of the molecule is CC(C)CC(NC(=O)C(N)C(C)O)C(=O)NC(CC(=O)O)C(=O)N1CCCC1C(=O)O. The van der Waals surface area contributed by atoms with Crippen LogP contribution in [0.1, 0.15) is 46.5 Å². The van der Waals surface area contributed by atoms with Gasteiger partial charge >= 0.3 is 11.9 Å². The average Bonchev–Trinajstić information content (AvgIpc) is 3.14. The number of nitrogens with two attached hydrogens (primary N) is 1. The van der Waals surface area contributed by atoms with E-state index in [9.17, 15) is 39.3 Å². The van der Waals surface area contributed by atoms with Crippen LogP contribution in [-0.2, 0) is 24.0 Å². The molecule has 12 nitrogen and oxygen atoms in total. The largest absolute Gasteiger partial charge is 0.481 e. The van der Waals surface area contributed by atoms with Crippen molar-refractivity contribution in [2.45, 2.75) is 76.7 Å². The maximum atomic E-state index is 12.8. The fourth-order valence-corrected chi connectivity index (χ4v) is 3.32. The van der Waals surface area contributed by atoms with Gasteiger partial charge in [0, 0.05) is 6.54 Å². The molecular formula is C19H32N4O8. The molecule has 0 spiro atoms. The number of likely N-dealkylation sites (tertiary alicyclic amines) is 1. The van der Waals surface area contributed by atoms with Gasteiger partial charge in [-0.25, -0.2) is 4.79 Å². The first-order chi connectivity index (χ1) is 14.3. The second-order valence-corrected chi connectivity index (χ2v) is 8.14. The van der Waals surface area contributed by atoms with Crippen LogP contribution in [0.2, 0.25) is 0 Å². The summed E-state index contributed by atoms with van der Waals surface area (Å²) >= 11 is 0. The second-order valence-electron chi connectivity index (χ2n) is 8.14. The van der Waals surface area contributed by atoms with Gasteiger partial charge in [0.1, 0.15) is 24.2 Å². The lowest BCUT2D eigenvalue weighted by Gasteiger charge is -2.28. The Morgan fingerprint density at radius 3 is 2.10 bits per heavy atom. The van der Waals surface area contributed by atoms with Crippen LogP contribution in [0.4, 0.5) is 0 Å². The Kier molecular flexibility index (Phi) is 9.85. The number of hydrogen-bond acceptors (Lipinski definition) is 7. The van der Waals surface area contributed by atoms with Gasteiger partial charge in [-0.1, -0.05) is 13.8 Å². The summed E-state index contributed by atoms with van der Waals surface area (Å²) in [5, 5.41) is 32.7. The topological polar surface area (TPSA) is 199 Å². The molecule has 5 atom stereocenters. The number of amides is 3. The van der Waals surface area contributed by atoms with Crippen molar-refractivity contribution in [1.29, 1.82) is 0 Å². The maximum absolute atomic E-state index is 12.8. The molecule has 0 radical (unpaired) electrons. The van der Waals surface area contributed by atoms with Crippen LogP contribution in [0.3, 0.4) is 0 Å². The molecule has 1 rings (SSSR count). The molecule has 1 saturated heterocycles. The third kappa shape index (κ3) is 7.79. The monoisotopic (exact) mass is 444 g/mol. The highest BCUT2D eigenvalue weighted by atomic mass is 16.4. The summed E-state index contributed by atoms with van der Waals surface area (Å²) in [6, 6.07) is -4.99. The molecule has 31 heavy (non-hydrogen) atoms. The van der Waals surface area contributed by atoms with E-state index < -0.39 is 66.4 Å². The molecular weight excluding hydrogens is 412 g/mol. The van der Waals surface area contributed by atoms with Crippen LogP contribution in [0.15, 0.2) is 0 Å². The number of aliphatic carboxylic acids is 2. The summed E-state index contributed by atoms with van der Waals surface area (Å²) in [5.74, 6) is -5.00. The molecule has 176 valence electrons. The quantitative estimate of drug-likeness (QED) is 0.214. The predicted octanol–water partition coefficient (Wildman–Crippen LogP) is -1.74. The van der Waals surface area contributed by atoms with E-state index in [4.69, 9.17) is 5.73 Å². The van der Waals surface area contributed by atoms with Crippen molar-refractivity contribution in [3.8, 4) is 0 Å². The normalized spacial score (nSPS) is 19.9. The number of carboxylic acid groups (broad SMARTS) is 2. The standard InChI is InChI=1S/C19H32N4O8/c1-9(2)7-11(21-17(28)15(20)10(3)24)16(27)22-12(8-14(25)26)18(29)23-6-4-5-13(23)19(30)31/h9-13,15,24H,4-8,20H2,1-3H3,(H,21,28)(H,22,27)(H,25,26)(H,30,31). The van der Waals surface area contributed by atoms with E-state index in [1.165, 1.54) is 6.92 Å². The Hall–Kier alpha value is -2.73. The molecule has 0 aliphatic carbocycles. The summed E-state index contributed by atoms with van der Waals surface area (Å²) in [4.78, 5) is 61.5. The molecule has 0 saturated carbocycles. The Labute approximate surface area is 180 Å². The van der Waals surface area contributed by atoms with Crippen molar-refractivity contribution in [3.63, 3.8) is 0 Å². The highest BCUT2D eigenvalue weighted by Crippen LogP contribution is 2.19. The van der Waals surface area contributed by atoms with Crippen molar-refractivity contribution in [1.82, 2.24) is 15.5 Å². The molecule has 5 unspecified atom stereocenters. The number of nitrogens with zero attached hydrogens (tertiary/aromatic N) is 1. The molecule has 0 aromatic rings. The van der Waals surface area contributed by atoms with E-state index in [0.29, 0.717) is 6.42 Å². The van der Waals surface area contributed by atoms with E-state index in [1.807, 2.05) is 0 Å². The van der Waals surface area contributed by atoms with E-state index in [2.05, 4.69) is 10.6 Å². The minimum Gasteiger partial charge on any atom is -0.481 e. The van der Waals surface area contributed by atoms with Gasteiger partial charge in [0.15, 0.2) is 0 Å². The number of carboxylic acids is 2. The smallest absolute Gasteiger partial charge is 0.326 e. The van der Waals surface area contributed by atoms with Crippen LogP contribution in [0.25, 0.3) is 0 Å². The molecule has 1 aliphatic rings. The van der Waals surface area contributed by atoms with Gasteiger partial charge in [0.25, 0.3) is 0 Å². The summed E-state index contributed by atoms with van der Waals surface area (Å²) in [7, 11) is 0. The van der Waals surface area contributed by atoms with Crippen molar-refractivity contribution in [2.75, 3.05) is 6.54 Å². The number of nitrogens with one attached hydrogen (secondary N) is 2. The fraction of sp³-hybridized carbons (Fsp3) is 0.737. The predicted molar refractivity (Wildman–Crippen MR) is 108 cm³/mol. The Morgan fingerprint density at radius 2 is 1.61 bits per heavy atom. The highest BCUT2D eigenvalue weighted by Gasteiger charge is 2.39. The third-order valence-electron chi connectivity index (χ3n) is 4.98. The molecule has 1 fully saturated rings. The summed E-state index contributed by atoms with van der Waals surface area (Å²) in [6.07, 6.45) is -1.06. The molecule has 1 heterocycles. The van der Waals surface area contributed by atoms with Crippen molar-refractivity contribution in [2.24, 2.45) is 11.7 Å². The first-order valence-electron chi connectivity index (χ1n) is 10.1. The Bertz CT molecular complexity index is 696. The Morgan fingerprint density at radius 1 is 1.03 bits per heavy atom. The van der Waals surface area contributed by atoms with E-state index >= 15 is 0 Å². The van der Waals surface area contributed by atoms with Crippen LogP contribution in [0.5, 0.6) is 0 Å².